The standard InChI is InChI=1S/C17H28N4OS.HI/c1-4-18-16(19-9-14-10-23-15(20-14)13(2)3)21-7-5-17(11-21)6-8-22-12-17;/h10,13H,4-9,11-12H2,1-3H3,(H,18,19);1H. The molecule has 3 rings (SSSR count). The van der Waals surface area contributed by atoms with Crippen molar-refractivity contribution in [2.24, 2.45) is 10.4 Å². The first-order chi connectivity index (χ1) is 11.1. The molecule has 1 N–H and O–H groups in total. The van der Waals surface area contributed by atoms with E-state index in [9.17, 15) is 0 Å². The lowest BCUT2D eigenvalue weighted by Gasteiger charge is -2.24. The Morgan fingerprint density at radius 3 is 2.96 bits per heavy atom. The van der Waals surface area contributed by atoms with Crippen LogP contribution in [-0.4, -0.2) is 48.7 Å². The number of halogens is 1. The van der Waals surface area contributed by atoms with Gasteiger partial charge in [0.05, 0.1) is 23.9 Å². The average molecular weight is 464 g/mol. The van der Waals surface area contributed by atoms with E-state index in [0.717, 1.165) is 44.5 Å². The minimum absolute atomic E-state index is 0. The van der Waals surface area contributed by atoms with Crippen LogP contribution in [0.4, 0.5) is 0 Å². The summed E-state index contributed by atoms with van der Waals surface area (Å²) in [6.45, 7) is 12.0. The quantitative estimate of drug-likeness (QED) is 0.421. The monoisotopic (exact) mass is 464 g/mol. The second-order valence-corrected chi connectivity index (χ2v) is 7.87. The highest BCUT2D eigenvalue weighted by atomic mass is 127. The SMILES string of the molecule is CCNC(=NCc1csc(C(C)C)n1)N1CCC2(CCOC2)C1.I. The van der Waals surface area contributed by atoms with E-state index in [4.69, 9.17) is 9.73 Å². The molecule has 0 amide bonds. The number of likely N-dealkylation sites (tertiary alicyclic amines) is 1. The molecule has 1 aromatic rings. The molecule has 2 saturated heterocycles. The molecule has 1 spiro atoms. The molecule has 1 unspecified atom stereocenters. The van der Waals surface area contributed by atoms with Gasteiger partial charge in [-0.1, -0.05) is 13.8 Å². The molecule has 24 heavy (non-hydrogen) atoms. The highest BCUT2D eigenvalue weighted by Gasteiger charge is 2.42. The van der Waals surface area contributed by atoms with E-state index >= 15 is 0 Å². The Bertz CT molecular complexity index is 555. The van der Waals surface area contributed by atoms with Gasteiger partial charge in [-0.15, -0.1) is 35.3 Å². The van der Waals surface area contributed by atoms with Gasteiger partial charge in [-0.3, -0.25) is 0 Å². The van der Waals surface area contributed by atoms with Gasteiger partial charge < -0.3 is 15.0 Å². The van der Waals surface area contributed by atoms with Crippen molar-refractivity contribution in [2.45, 2.75) is 46.1 Å². The zero-order chi connectivity index (χ0) is 16.3. The van der Waals surface area contributed by atoms with E-state index in [1.807, 2.05) is 0 Å². The Morgan fingerprint density at radius 2 is 2.33 bits per heavy atom. The van der Waals surface area contributed by atoms with E-state index < -0.39 is 0 Å². The van der Waals surface area contributed by atoms with E-state index in [1.54, 1.807) is 11.3 Å². The van der Waals surface area contributed by atoms with Crippen molar-refractivity contribution in [3.8, 4) is 0 Å². The van der Waals surface area contributed by atoms with Crippen LogP contribution < -0.4 is 5.32 Å². The molecular weight excluding hydrogens is 435 g/mol. The molecular formula is C17H29IN4OS. The van der Waals surface area contributed by atoms with Gasteiger partial charge in [0.1, 0.15) is 0 Å². The summed E-state index contributed by atoms with van der Waals surface area (Å²) in [7, 11) is 0. The van der Waals surface area contributed by atoms with Crippen LogP contribution in [0.15, 0.2) is 10.4 Å². The number of ether oxygens (including phenoxy) is 1. The third kappa shape index (κ3) is 4.60. The molecule has 0 bridgehead atoms. The van der Waals surface area contributed by atoms with Gasteiger partial charge in [0, 0.05) is 43.0 Å². The molecule has 7 heteroatoms. The van der Waals surface area contributed by atoms with Crippen LogP contribution in [0.5, 0.6) is 0 Å². The van der Waals surface area contributed by atoms with E-state index in [2.05, 4.69) is 41.4 Å². The summed E-state index contributed by atoms with van der Waals surface area (Å²) in [5.74, 6) is 1.52. The molecule has 136 valence electrons. The van der Waals surface area contributed by atoms with Crippen LogP contribution in [0, 0.1) is 5.41 Å². The first-order valence-electron chi connectivity index (χ1n) is 8.67. The fourth-order valence-electron chi connectivity index (χ4n) is 3.33. The van der Waals surface area contributed by atoms with Crippen molar-refractivity contribution in [1.82, 2.24) is 15.2 Å². The lowest BCUT2D eigenvalue weighted by atomic mass is 9.87. The summed E-state index contributed by atoms with van der Waals surface area (Å²) in [5.41, 5.74) is 1.44. The fourth-order valence-corrected chi connectivity index (χ4v) is 4.16. The zero-order valence-corrected chi connectivity index (χ0v) is 18.0. The zero-order valence-electron chi connectivity index (χ0n) is 14.9. The van der Waals surface area contributed by atoms with Gasteiger partial charge in [0.15, 0.2) is 5.96 Å². The molecule has 2 aliphatic rings. The van der Waals surface area contributed by atoms with Gasteiger partial charge in [0.2, 0.25) is 0 Å². The average Bonchev–Trinajstić information content (AvgIpc) is 3.26. The molecule has 0 aliphatic carbocycles. The number of hydrogen-bond acceptors (Lipinski definition) is 4. The van der Waals surface area contributed by atoms with Crippen molar-refractivity contribution in [2.75, 3.05) is 32.8 Å². The Hall–Kier alpha value is -0.410. The summed E-state index contributed by atoms with van der Waals surface area (Å²) < 4.78 is 5.63. The van der Waals surface area contributed by atoms with Gasteiger partial charge in [-0.05, 0) is 19.8 Å². The van der Waals surface area contributed by atoms with Gasteiger partial charge >= 0.3 is 0 Å². The Balaban J connectivity index is 0.00000208. The summed E-state index contributed by atoms with van der Waals surface area (Å²) in [6, 6.07) is 0. The Labute approximate surface area is 166 Å². The summed E-state index contributed by atoms with van der Waals surface area (Å²) in [4.78, 5) is 11.9. The molecule has 3 heterocycles. The van der Waals surface area contributed by atoms with Gasteiger partial charge in [0.25, 0.3) is 0 Å². The summed E-state index contributed by atoms with van der Waals surface area (Å²) >= 11 is 1.74. The number of nitrogens with one attached hydrogen (secondary N) is 1. The summed E-state index contributed by atoms with van der Waals surface area (Å²) in [5, 5.41) is 6.78. The molecule has 1 atom stereocenters. The van der Waals surface area contributed by atoms with Gasteiger partial charge in [-0.25, -0.2) is 9.98 Å². The van der Waals surface area contributed by atoms with Crippen LogP contribution in [-0.2, 0) is 11.3 Å². The number of nitrogens with zero attached hydrogens (tertiary/aromatic N) is 3. The molecule has 0 aromatic carbocycles. The molecule has 2 fully saturated rings. The number of rotatable bonds is 4. The van der Waals surface area contributed by atoms with Crippen LogP contribution in [0.2, 0.25) is 0 Å². The van der Waals surface area contributed by atoms with Crippen LogP contribution in [0.1, 0.15) is 50.2 Å². The second-order valence-electron chi connectivity index (χ2n) is 6.98. The Morgan fingerprint density at radius 1 is 1.50 bits per heavy atom. The predicted molar refractivity (Wildman–Crippen MR) is 110 cm³/mol. The minimum atomic E-state index is 0. The second kappa shape index (κ2) is 8.80. The fraction of sp³-hybridized carbons (Fsp3) is 0.765. The first kappa shape index (κ1) is 19.9. The molecule has 0 saturated carbocycles. The molecule has 1 aromatic heterocycles. The van der Waals surface area contributed by atoms with Crippen molar-refractivity contribution >= 4 is 41.3 Å². The summed E-state index contributed by atoms with van der Waals surface area (Å²) in [6.07, 6.45) is 2.40. The van der Waals surface area contributed by atoms with E-state index in [-0.39, 0.29) is 24.0 Å². The normalized spacial score (nSPS) is 24.0. The van der Waals surface area contributed by atoms with Crippen molar-refractivity contribution < 1.29 is 4.74 Å². The van der Waals surface area contributed by atoms with Crippen LogP contribution in [0.3, 0.4) is 0 Å². The predicted octanol–water partition coefficient (Wildman–Crippen LogP) is 3.46. The maximum atomic E-state index is 5.63. The molecule has 0 radical (unpaired) electrons. The maximum absolute atomic E-state index is 5.63. The van der Waals surface area contributed by atoms with Crippen molar-refractivity contribution in [3.63, 3.8) is 0 Å². The number of aromatic nitrogens is 1. The lowest BCUT2D eigenvalue weighted by Crippen LogP contribution is -2.41. The Kier molecular flexibility index (Phi) is 7.30. The minimum Gasteiger partial charge on any atom is -0.381 e. The number of hydrogen-bond donors (Lipinski definition) is 1. The highest BCUT2D eigenvalue weighted by molar-refractivity contribution is 14.0. The topological polar surface area (TPSA) is 49.8 Å². The molecule has 2 aliphatic heterocycles. The van der Waals surface area contributed by atoms with Gasteiger partial charge in [-0.2, -0.15) is 0 Å². The number of aliphatic imine (C=N–C) groups is 1. The number of guanidine groups is 1. The molecule has 5 nitrogen and oxygen atoms in total. The van der Waals surface area contributed by atoms with E-state index in [1.165, 1.54) is 17.8 Å². The lowest BCUT2D eigenvalue weighted by molar-refractivity contribution is 0.156. The first-order valence-corrected chi connectivity index (χ1v) is 9.55. The maximum Gasteiger partial charge on any atom is 0.194 e. The highest BCUT2D eigenvalue weighted by Crippen LogP contribution is 2.38. The van der Waals surface area contributed by atoms with Crippen LogP contribution in [0.25, 0.3) is 0 Å². The van der Waals surface area contributed by atoms with Crippen molar-refractivity contribution in [3.05, 3.63) is 16.1 Å². The number of thiazole rings is 1. The smallest absolute Gasteiger partial charge is 0.194 e. The third-order valence-corrected chi connectivity index (χ3v) is 5.91. The van der Waals surface area contributed by atoms with E-state index in [0.29, 0.717) is 17.9 Å². The van der Waals surface area contributed by atoms with Crippen LogP contribution >= 0.6 is 35.3 Å². The largest absolute Gasteiger partial charge is 0.381 e. The van der Waals surface area contributed by atoms with Crippen molar-refractivity contribution in [1.29, 1.82) is 0 Å². The third-order valence-electron chi connectivity index (χ3n) is 4.71.